The summed E-state index contributed by atoms with van der Waals surface area (Å²) in [6, 6.07) is -0.422. The van der Waals surface area contributed by atoms with Crippen LogP contribution in [0, 0.1) is 0 Å². The first-order valence-corrected chi connectivity index (χ1v) is 10.4. The third-order valence-corrected chi connectivity index (χ3v) is 4.75. The van der Waals surface area contributed by atoms with E-state index in [1.807, 2.05) is 0 Å². The van der Waals surface area contributed by atoms with Crippen LogP contribution in [0.2, 0.25) is 0 Å². The Labute approximate surface area is 152 Å². The molecule has 0 aliphatic carbocycles. The second-order valence-corrected chi connectivity index (χ2v) is 7.17. The first-order valence-electron chi connectivity index (χ1n) is 11.1. The molecular weight excluding hydrogens is 298 g/mol. The van der Waals surface area contributed by atoms with Gasteiger partial charge in [-0.15, -0.1) is 0 Å². The molecule has 0 bridgehead atoms. The summed E-state index contributed by atoms with van der Waals surface area (Å²) in [5.41, 5.74) is 0. The lowest BCUT2D eigenvalue weighted by Gasteiger charge is -2.08. The molecule has 0 amide bonds. The number of nitrogens with one attached hydrogen (secondary N) is 1. The second kappa shape index (κ2) is 18.8. The average Bonchev–Trinajstić information content (AvgIpc) is 2.60. The van der Waals surface area contributed by atoms with Crippen molar-refractivity contribution in [2.75, 3.05) is 6.54 Å². The normalized spacial score (nSPS) is 13.0. The fraction of sp³-hybridized carbons (Fsp3) is 0.952. The van der Waals surface area contributed by atoms with Crippen molar-refractivity contribution >= 4 is 5.97 Å². The smallest absolute Gasteiger partial charge is 0.320 e. The van der Waals surface area contributed by atoms with Crippen molar-refractivity contribution in [1.29, 1.82) is 0 Å². The number of carboxylic acid groups (broad SMARTS) is 1. The number of rotatable bonds is 19. The van der Waals surface area contributed by atoms with Crippen LogP contribution in [-0.2, 0) is 4.79 Å². The molecule has 0 aromatic heterocycles. The molecular formula is C21H43NO2. The lowest BCUT2D eigenvalue weighted by atomic mass is 10.0. The lowest BCUT2D eigenvalue weighted by Crippen LogP contribution is -2.34. The highest BCUT2D eigenvalue weighted by Gasteiger charge is 2.07. The van der Waals surface area contributed by atoms with Gasteiger partial charge in [0.1, 0.15) is 6.04 Å². The molecule has 2 N–H and O–H groups in total. The van der Waals surface area contributed by atoms with Crippen LogP contribution in [-0.4, -0.2) is 23.7 Å². The molecule has 0 saturated carbocycles. The van der Waals surface area contributed by atoms with Crippen molar-refractivity contribution in [2.24, 2.45) is 0 Å². The molecule has 144 valence electrons. The van der Waals surface area contributed by atoms with E-state index in [0.717, 1.165) is 19.4 Å². The van der Waals surface area contributed by atoms with Crippen LogP contribution in [0.5, 0.6) is 0 Å². The third-order valence-electron chi connectivity index (χ3n) is 4.75. The number of hydrogen-bond donors (Lipinski definition) is 2. The maximum Gasteiger partial charge on any atom is 0.320 e. The molecule has 0 aromatic carbocycles. The number of carbonyl (C=O) groups is 1. The van der Waals surface area contributed by atoms with Gasteiger partial charge in [0, 0.05) is 1.37 Å². The number of hydrogen-bond acceptors (Lipinski definition) is 2. The summed E-state index contributed by atoms with van der Waals surface area (Å²) in [7, 11) is 0. The topological polar surface area (TPSA) is 49.3 Å². The molecule has 0 rings (SSSR count). The van der Waals surface area contributed by atoms with Crippen molar-refractivity contribution in [1.82, 2.24) is 5.32 Å². The molecule has 0 saturated heterocycles. The quantitative estimate of drug-likeness (QED) is 0.270. The van der Waals surface area contributed by atoms with Gasteiger partial charge >= 0.3 is 5.97 Å². The maximum absolute atomic E-state index is 10.6. The Morgan fingerprint density at radius 1 is 0.792 bits per heavy atom. The van der Waals surface area contributed by atoms with Crippen molar-refractivity contribution in [3.05, 3.63) is 0 Å². The van der Waals surface area contributed by atoms with E-state index in [1.54, 1.807) is 6.92 Å². The lowest BCUT2D eigenvalue weighted by molar-refractivity contribution is -0.138. The number of unbranched alkanes of at least 4 members (excludes halogenated alkanes) is 15. The summed E-state index contributed by atoms with van der Waals surface area (Å²) in [6.45, 7) is 3.12. The monoisotopic (exact) mass is 342 g/mol. The van der Waals surface area contributed by atoms with Crippen molar-refractivity contribution in [3.63, 3.8) is 0 Å². The van der Waals surface area contributed by atoms with Gasteiger partial charge in [-0.25, -0.2) is 0 Å². The Balaban J connectivity index is 3.04. The third kappa shape index (κ3) is 17.8. The van der Waals surface area contributed by atoms with E-state index in [4.69, 9.17) is 6.48 Å². The van der Waals surface area contributed by atoms with Gasteiger partial charge in [0.2, 0.25) is 0 Å². The minimum absolute atomic E-state index is 0.422. The molecule has 0 fully saturated rings. The summed E-state index contributed by atoms with van der Waals surface area (Å²) in [6.07, 6.45) is 21.0. The van der Waals surface area contributed by atoms with Gasteiger partial charge in [-0.1, -0.05) is 103 Å². The highest BCUT2D eigenvalue weighted by molar-refractivity contribution is 5.72. The highest BCUT2D eigenvalue weighted by atomic mass is 16.4. The van der Waals surface area contributed by atoms with Gasteiger partial charge in [-0.05, 0) is 19.9 Å². The van der Waals surface area contributed by atoms with E-state index in [-0.39, 0.29) is 0 Å². The summed E-state index contributed by atoms with van der Waals surface area (Å²) < 4.78 is 7.10. The molecule has 24 heavy (non-hydrogen) atoms. The summed E-state index contributed by atoms with van der Waals surface area (Å²) >= 11 is 0. The Kier molecular flexibility index (Phi) is 16.8. The molecule has 1 atom stereocenters. The predicted octanol–water partition coefficient (Wildman–Crippen LogP) is 6.31. The van der Waals surface area contributed by atoms with Gasteiger partial charge < -0.3 is 10.4 Å². The average molecular weight is 343 g/mol. The number of carboxylic acids is 1. The van der Waals surface area contributed by atoms with Crippen LogP contribution in [0.4, 0.5) is 0 Å². The fourth-order valence-corrected chi connectivity index (χ4v) is 3.01. The molecule has 0 aliphatic heterocycles. The minimum atomic E-state index is -0.764. The SMILES string of the molecule is [2H]CCCCCCCCCCCCCCCCCCN[C@@H](C)C(=O)O. The zero-order valence-corrected chi connectivity index (χ0v) is 16.2. The first kappa shape index (κ1) is 21.5. The van der Waals surface area contributed by atoms with E-state index < -0.39 is 12.0 Å². The molecule has 3 heteroatoms. The zero-order valence-electron chi connectivity index (χ0n) is 17.2. The highest BCUT2D eigenvalue weighted by Crippen LogP contribution is 2.13. The van der Waals surface area contributed by atoms with Crippen LogP contribution in [0.15, 0.2) is 0 Å². The van der Waals surface area contributed by atoms with E-state index in [9.17, 15) is 4.79 Å². The summed E-state index contributed by atoms with van der Waals surface area (Å²) in [5, 5.41) is 11.8. The van der Waals surface area contributed by atoms with Gasteiger partial charge in [-0.2, -0.15) is 0 Å². The Bertz CT molecular complexity index is 287. The second-order valence-electron chi connectivity index (χ2n) is 7.17. The summed E-state index contributed by atoms with van der Waals surface area (Å²) in [5.74, 6) is -0.764. The molecule has 0 radical (unpaired) electrons. The summed E-state index contributed by atoms with van der Waals surface area (Å²) in [4.78, 5) is 10.6. The van der Waals surface area contributed by atoms with Crippen LogP contribution >= 0.6 is 0 Å². The van der Waals surface area contributed by atoms with Gasteiger partial charge in [0.15, 0.2) is 0 Å². The first-order chi connectivity index (χ1) is 12.2. The van der Waals surface area contributed by atoms with E-state index >= 15 is 0 Å². The zero-order chi connectivity index (χ0) is 18.6. The molecule has 3 nitrogen and oxygen atoms in total. The standard InChI is InChI=1S/C21H43NO2/c1-3-4-5-6-7-8-9-10-11-12-13-14-15-16-17-18-19-22-20(2)21(23)24/h20,22H,3-19H2,1-2H3,(H,23,24)/t20-/m0/s1/i1D. The van der Waals surface area contributed by atoms with Crippen LogP contribution in [0.1, 0.15) is 118 Å². The Hall–Kier alpha value is -0.570. The Morgan fingerprint density at radius 2 is 1.17 bits per heavy atom. The largest absolute Gasteiger partial charge is 0.480 e. The van der Waals surface area contributed by atoms with Gasteiger partial charge in [-0.3, -0.25) is 4.79 Å². The van der Waals surface area contributed by atoms with Gasteiger partial charge in [0.05, 0.1) is 0 Å². The van der Waals surface area contributed by atoms with Crippen molar-refractivity contribution in [3.8, 4) is 0 Å². The molecule has 0 aromatic rings. The fourth-order valence-electron chi connectivity index (χ4n) is 3.01. The maximum atomic E-state index is 10.6. The minimum Gasteiger partial charge on any atom is -0.480 e. The van der Waals surface area contributed by atoms with E-state index in [2.05, 4.69) is 5.32 Å². The van der Waals surface area contributed by atoms with E-state index in [0.29, 0.717) is 6.90 Å². The van der Waals surface area contributed by atoms with Gasteiger partial charge in [0.25, 0.3) is 0 Å². The molecule has 0 unspecified atom stereocenters. The van der Waals surface area contributed by atoms with Crippen LogP contribution in [0.3, 0.4) is 0 Å². The van der Waals surface area contributed by atoms with Crippen molar-refractivity contribution in [2.45, 2.75) is 123 Å². The van der Waals surface area contributed by atoms with Crippen LogP contribution < -0.4 is 5.32 Å². The van der Waals surface area contributed by atoms with E-state index in [1.165, 1.54) is 89.9 Å². The van der Waals surface area contributed by atoms with Crippen molar-refractivity contribution < 1.29 is 11.3 Å². The van der Waals surface area contributed by atoms with Crippen LogP contribution in [0.25, 0.3) is 0 Å². The predicted molar refractivity (Wildman–Crippen MR) is 105 cm³/mol. The number of aliphatic carboxylic acids is 1. The molecule has 0 heterocycles. The Morgan fingerprint density at radius 3 is 1.54 bits per heavy atom. The molecule has 0 aliphatic rings. The molecule has 0 spiro atoms.